The average molecular weight is 1020 g/mol. The van der Waals surface area contributed by atoms with Crippen molar-refractivity contribution in [3.63, 3.8) is 0 Å². The molecule has 4 fully saturated rings. The molecule has 3 aromatic heterocycles. The van der Waals surface area contributed by atoms with Gasteiger partial charge in [0.05, 0.1) is 33.5 Å². The third kappa shape index (κ3) is 9.67. The molecule has 3 aromatic carbocycles. The summed E-state index contributed by atoms with van der Waals surface area (Å²) in [7, 11) is -2.64. The van der Waals surface area contributed by atoms with Gasteiger partial charge in [0.2, 0.25) is 17.8 Å². The number of pyridine rings is 1. The molecule has 1 unspecified atom stereocenters. The highest BCUT2D eigenvalue weighted by Gasteiger charge is 2.35. The molecule has 4 saturated heterocycles. The molecule has 18 heteroatoms. The van der Waals surface area contributed by atoms with Gasteiger partial charge in [0, 0.05) is 105 Å². The number of para-hydroxylation sites is 1. The monoisotopic (exact) mass is 1020 g/mol. The number of amides is 2. The van der Waals surface area contributed by atoms with Crippen LogP contribution < -0.4 is 36.6 Å². The lowest BCUT2D eigenvalue weighted by molar-refractivity contribution is -0.135. The summed E-state index contributed by atoms with van der Waals surface area (Å²) in [6.45, 7) is 13.3. The molecule has 0 radical (unpaired) electrons. The lowest BCUT2D eigenvalue weighted by Gasteiger charge is -2.43. The van der Waals surface area contributed by atoms with Crippen molar-refractivity contribution in [3.8, 4) is 5.75 Å². The molecule has 10 rings (SSSR count). The first-order valence-electron chi connectivity index (χ1n) is 24.5. The van der Waals surface area contributed by atoms with Crippen molar-refractivity contribution in [2.75, 3.05) is 80.3 Å². The first-order chi connectivity index (χ1) is 33.5. The summed E-state index contributed by atoms with van der Waals surface area (Å²) >= 11 is 3.68. The quantitative estimate of drug-likeness (QED) is 0.0705. The molecule has 16 nitrogen and oxygen atoms in total. The fourth-order valence-corrected chi connectivity index (χ4v) is 14.5. The second-order valence-electron chi connectivity index (χ2n) is 18.7. The van der Waals surface area contributed by atoms with Crippen molar-refractivity contribution in [3.05, 3.63) is 92.6 Å². The van der Waals surface area contributed by atoms with Crippen LogP contribution in [0.1, 0.15) is 75.2 Å². The van der Waals surface area contributed by atoms with Crippen LogP contribution >= 0.6 is 23.1 Å². The fraction of sp³-hybridized carbons (Fsp3) is 0.451. The Kier molecular flexibility index (Phi) is 13.7. The Hall–Kier alpha value is -5.61. The predicted molar refractivity (Wildman–Crippen MR) is 275 cm³/mol. The van der Waals surface area contributed by atoms with Crippen molar-refractivity contribution in [2.24, 2.45) is 0 Å². The maximum atomic E-state index is 14.5. The number of ether oxygens (including phenoxy) is 1. The number of piperidine rings is 2. The fourth-order valence-electron chi connectivity index (χ4n) is 10.9. The minimum absolute atomic E-state index is 0.189. The third-order valence-electron chi connectivity index (χ3n) is 14.5. The van der Waals surface area contributed by atoms with E-state index in [1.54, 1.807) is 6.20 Å². The number of fused-ring (bicyclic) bond motifs is 2. The number of nitrogens with zero attached hydrogens (tertiary/aromatic N) is 7. The standard InChI is InChI=1S/C51H60BrN10O6P/c1-4-33-29-40(56-50-53-31-37(52)48(58-50)55-39-14-13-38-36(12-11-32(3)54-38)47(39)69(66)27-6-7-28-69)44(67-5-2)30-43(33)61-21-18-35(19-22-61)60-25-23-59(24-26-60)20-17-34-9-8-10-41-46(34)68-51(65)62(41)42-15-16-45(63)57-49(42)64/h8-14,29-31,35,42H,4-7,15-28H2,1-3H3,(H,57,63,64)(H2,53,55,56,58). The van der Waals surface area contributed by atoms with Gasteiger partial charge in [-0.15, -0.1) is 0 Å². The van der Waals surface area contributed by atoms with Crippen LogP contribution in [0.2, 0.25) is 0 Å². The highest BCUT2D eigenvalue weighted by atomic mass is 79.9. The summed E-state index contributed by atoms with van der Waals surface area (Å²) in [4.78, 5) is 59.3. The molecule has 1 atom stereocenters. The van der Waals surface area contributed by atoms with Gasteiger partial charge in [-0.25, -0.2) is 9.78 Å². The second-order valence-corrected chi connectivity index (χ2v) is 22.7. The Morgan fingerprint density at radius 1 is 0.899 bits per heavy atom. The van der Waals surface area contributed by atoms with Crippen molar-refractivity contribution in [1.82, 2.24) is 34.6 Å². The van der Waals surface area contributed by atoms with Crippen molar-refractivity contribution < 1.29 is 23.3 Å². The molecule has 3 N–H and O–H groups in total. The van der Waals surface area contributed by atoms with E-state index >= 15 is 0 Å². The predicted octanol–water partition coefficient (Wildman–Crippen LogP) is 8.04. The average Bonchev–Trinajstić information content (AvgIpc) is 3.95. The molecular weight excluding hydrogens is 960 g/mol. The molecule has 362 valence electrons. The number of hydrogen-bond acceptors (Lipinski definition) is 14. The van der Waals surface area contributed by atoms with Gasteiger partial charge in [-0.3, -0.25) is 29.4 Å². The van der Waals surface area contributed by atoms with Gasteiger partial charge >= 0.3 is 5.76 Å². The first-order valence-corrected chi connectivity index (χ1v) is 27.4. The summed E-state index contributed by atoms with van der Waals surface area (Å²) < 4.78 is 28.6. The molecular formula is C51H60BrN10O6P. The number of hydrogen-bond donors (Lipinski definition) is 3. The normalized spacial score (nSPS) is 19.4. The van der Waals surface area contributed by atoms with Gasteiger partial charge in [-0.1, -0.05) is 25.1 Å². The molecule has 69 heavy (non-hydrogen) atoms. The maximum Gasteiger partial charge on any atom is 0.420 e. The van der Waals surface area contributed by atoms with E-state index in [0.717, 1.165) is 129 Å². The number of benzene rings is 3. The lowest BCUT2D eigenvalue weighted by Crippen LogP contribution is -2.53. The number of nitrogens with one attached hydrogen (secondary N) is 3. The molecule has 6 aromatic rings. The van der Waals surface area contributed by atoms with Gasteiger partial charge in [0.25, 0.3) is 0 Å². The van der Waals surface area contributed by atoms with Crippen molar-refractivity contribution >= 4 is 91.0 Å². The van der Waals surface area contributed by atoms with Gasteiger partial charge in [0.15, 0.2) is 5.58 Å². The highest BCUT2D eigenvalue weighted by molar-refractivity contribution is 9.10. The molecule has 0 saturated carbocycles. The van der Waals surface area contributed by atoms with Crippen LogP contribution in [-0.2, 0) is 27.0 Å². The molecule has 7 heterocycles. The number of rotatable bonds is 14. The van der Waals surface area contributed by atoms with Crippen LogP contribution in [0, 0.1) is 6.92 Å². The number of halogens is 1. The topological polar surface area (TPSA) is 180 Å². The van der Waals surface area contributed by atoms with E-state index in [1.807, 2.05) is 50.2 Å². The summed E-state index contributed by atoms with van der Waals surface area (Å²) in [6, 6.07) is 17.8. The Balaban J connectivity index is 0.775. The van der Waals surface area contributed by atoms with E-state index < -0.39 is 24.8 Å². The molecule has 0 aliphatic carbocycles. The number of oxazole rings is 1. The zero-order valence-electron chi connectivity index (χ0n) is 39.6. The molecule has 0 bridgehead atoms. The zero-order valence-corrected chi connectivity index (χ0v) is 42.0. The summed E-state index contributed by atoms with van der Waals surface area (Å²) in [5, 5.41) is 11.2. The Morgan fingerprint density at radius 3 is 2.45 bits per heavy atom. The van der Waals surface area contributed by atoms with E-state index in [0.29, 0.717) is 52.3 Å². The minimum Gasteiger partial charge on any atom is -0.492 e. The van der Waals surface area contributed by atoms with Crippen molar-refractivity contribution in [2.45, 2.75) is 84.2 Å². The summed E-state index contributed by atoms with van der Waals surface area (Å²) in [6.07, 6.45) is 9.21. The number of carbonyl (C=O) groups is 2. The summed E-state index contributed by atoms with van der Waals surface area (Å²) in [5.74, 6) is 0.371. The Bertz CT molecular complexity index is 3020. The number of anilines is 5. The molecule has 4 aliphatic heterocycles. The molecule has 4 aliphatic rings. The van der Waals surface area contributed by atoms with Crippen LogP contribution in [0.3, 0.4) is 0 Å². The Labute approximate surface area is 410 Å². The van der Waals surface area contributed by atoms with Gasteiger partial charge in [-0.2, -0.15) is 4.98 Å². The van der Waals surface area contributed by atoms with Gasteiger partial charge in [0.1, 0.15) is 24.8 Å². The van der Waals surface area contributed by atoms with E-state index in [9.17, 15) is 18.9 Å². The SMILES string of the molecule is CCOc1cc(N2CCC(N3CCN(CCc4cccc5c4oc(=O)n5C4CCC(=O)NC4=O)CC3)CC2)c(CC)cc1Nc1ncc(Br)c(Nc2ccc3nc(C)ccc3c2P2(=O)CCCC2)n1. The van der Waals surface area contributed by atoms with Gasteiger partial charge in [-0.05, 0) is 116 Å². The Morgan fingerprint density at radius 2 is 1.70 bits per heavy atom. The van der Waals surface area contributed by atoms with Crippen LogP contribution in [0.15, 0.2) is 74.5 Å². The number of carbonyl (C=O) groups excluding carboxylic acids is 2. The molecule has 2 amide bonds. The van der Waals surface area contributed by atoms with Crippen LogP contribution in [-0.4, -0.2) is 112 Å². The van der Waals surface area contributed by atoms with E-state index in [2.05, 4.69) is 76.7 Å². The van der Waals surface area contributed by atoms with E-state index in [-0.39, 0.29) is 18.7 Å². The van der Waals surface area contributed by atoms with Crippen molar-refractivity contribution in [1.29, 1.82) is 0 Å². The largest absolute Gasteiger partial charge is 0.492 e. The van der Waals surface area contributed by atoms with E-state index in [4.69, 9.17) is 19.1 Å². The maximum absolute atomic E-state index is 14.5. The number of imide groups is 1. The lowest BCUT2D eigenvalue weighted by atomic mass is 9.99. The first kappa shape index (κ1) is 47.1. The van der Waals surface area contributed by atoms with Gasteiger partial charge < -0.3 is 34.2 Å². The highest BCUT2D eigenvalue weighted by Crippen LogP contribution is 2.54. The third-order valence-corrected chi connectivity index (χ3v) is 18.4. The zero-order chi connectivity index (χ0) is 47.8. The smallest absolute Gasteiger partial charge is 0.420 e. The van der Waals surface area contributed by atoms with Crippen LogP contribution in [0.4, 0.5) is 28.8 Å². The summed E-state index contributed by atoms with van der Waals surface area (Å²) in [5.41, 5.74) is 7.82. The van der Waals surface area contributed by atoms with Crippen LogP contribution in [0.5, 0.6) is 5.75 Å². The number of piperazine rings is 1. The number of aryl methyl sites for hydroxylation is 2. The minimum atomic E-state index is -2.64. The molecule has 0 spiro atoms. The van der Waals surface area contributed by atoms with Crippen LogP contribution in [0.25, 0.3) is 22.0 Å². The number of aromatic nitrogens is 4. The second kappa shape index (κ2) is 20.0. The van der Waals surface area contributed by atoms with E-state index in [1.165, 1.54) is 15.8 Å².